The Morgan fingerprint density at radius 2 is 1.93 bits per heavy atom. The highest BCUT2D eigenvalue weighted by Gasteiger charge is 2.48. The molecule has 1 aliphatic heterocycles. The summed E-state index contributed by atoms with van der Waals surface area (Å²) in [4.78, 5) is 45.9. The van der Waals surface area contributed by atoms with Crippen molar-refractivity contribution in [3.05, 3.63) is 82.4 Å². The molecule has 0 spiro atoms. The lowest BCUT2D eigenvalue weighted by atomic mass is 9.95. The van der Waals surface area contributed by atoms with Crippen molar-refractivity contribution in [3.63, 3.8) is 0 Å². The van der Waals surface area contributed by atoms with Crippen LogP contribution in [0.2, 0.25) is 0 Å². The lowest BCUT2D eigenvalue weighted by Gasteiger charge is -2.24. The maximum absolute atomic E-state index is 13.7. The first-order chi connectivity index (χ1) is 21.1. The van der Waals surface area contributed by atoms with Crippen LogP contribution in [0, 0.1) is 12.8 Å². The highest BCUT2D eigenvalue weighted by atomic mass is 32.1. The summed E-state index contributed by atoms with van der Waals surface area (Å²) < 4.78 is 22.3. The smallest absolute Gasteiger partial charge is 0.350 e. The van der Waals surface area contributed by atoms with Crippen LogP contribution in [0.15, 0.2) is 60.7 Å². The summed E-state index contributed by atoms with van der Waals surface area (Å²) in [6, 6.07) is 10.6. The quantitative estimate of drug-likeness (QED) is 0.0776. The Labute approximate surface area is 260 Å². The third kappa shape index (κ3) is 6.78. The highest BCUT2D eigenvalue weighted by Crippen LogP contribution is 2.45. The number of aryl methyl sites for hydroxylation is 1. The van der Waals surface area contributed by atoms with Gasteiger partial charge in [0.25, 0.3) is 5.78 Å². The van der Waals surface area contributed by atoms with E-state index in [2.05, 4.69) is 25.4 Å². The Bertz CT molecular complexity index is 1590. The molecule has 232 valence electrons. The van der Waals surface area contributed by atoms with Gasteiger partial charge in [0.2, 0.25) is 0 Å². The summed E-state index contributed by atoms with van der Waals surface area (Å²) in [6.45, 7) is 12.1. The topological polar surface area (TPSA) is 124 Å². The summed E-state index contributed by atoms with van der Waals surface area (Å²) >= 11 is 0.918. The molecule has 3 aromatic rings. The van der Waals surface area contributed by atoms with Crippen LogP contribution in [0.5, 0.6) is 17.2 Å². The van der Waals surface area contributed by atoms with Crippen LogP contribution < -0.4 is 19.1 Å². The molecule has 0 saturated carbocycles. The number of ketones is 1. The Morgan fingerprint density at radius 3 is 2.61 bits per heavy atom. The lowest BCUT2D eigenvalue weighted by Crippen LogP contribution is -2.29. The maximum atomic E-state index is 13.7. The normalized spacial score (nSPS) is 15.9. The van der Waals surface area contributed by atoms with Gasteiger partial charge in [-0.15, -0.1) is 0 Å². The van der Waals surface area contributed by atoms with Crippen molar-refractivity contribution in [2.75, 3.05) is 31.8 Å². The summed E-state index contributed by atoms with van der Waals surface area (Å²) in [7, 11) is 1.50. The molecule has 10 nitrogen and oxygen atoms in total. The monoisotopic (exact) mass is 620 g/mol. The number of Topliss-reactive ketones (excluding diaryl/α,β-unsaturated/α-hetero) is 1. The Kier molecular flexibility index (Phi) is 10.4. The second kappa shape index (κ2) is 14.2. The van der Waals surface area contributed by atoms with Crippen LogP contribution in [-0.4, -0.2) is 54.7 Å². The molecule has 0 radical (unpaired) electrons. The number of hydrogen-bond acceptors (Lipinski definition) is 10. The van der Waals surface area contributed by atoms with E-state index in [9.17, 15) is 19.5 Å². The summed E-state index contributed by atoms with van der Waals surface area (Å²) in [5.41, 5.74) is 0.936. The molecule has 1 unspecified atom stereocenters. The van der Waals surface area contributed by atoms with E-state index in [1.165, 1.54) is 18.1 Å². The van der Waals surface area contributed by atoms with Crippen LogP contribution in [0.25, 0.3) is 5.76 Å². The number of nitrogens with zero attached hydrogens (tertiary/aromatic N) is 2. The molecule has 1 amide bonds. The van der Waals surface area contributed by atoms with Crippen molar-refractivity contribution in [1.29, 1.82) is 0 Å². The molecule has 44 heavy (non-hydrogen) atoms. The van der Waals surface area contributed by atoms with Crippen LogP contribution in [0.3, 0.4) is 0 Å². The van der Waals surface area contributed by atoms with E-state index in [1.807, 2.05) is 6.92 Å². The Hall–Kier alpha value is -4.64. The van der Waals surface area contributed by atoms with Crippen molar-refractivity contribution in [2.45, 2.75) is 40.2 Å². The fraction of sp³-hybridized carbons (Fsp3) is 0.333. The molecule has 1 fully saturated rings. The third-order valence-corrected chi connectivity index (χ3v) is 7.96. The van der Waals surface area contributed by atoms with Crippen molar-refractivity contribution in [3.8, 4) is 17.2 Å². The molecule has 2 heterocycles. The number of esters is 1. The molecule has 0 bridgehead atoms. The highest BCUT2D eigenvalue weighted by molar-refractivity contribution is 7.17. The fourth-order valence-electron chi connectivity index (χ4n) is 4.65. The number of amides is 1. The average Bonchev–Trinajstić information content (AvgIpc) is 3.51. The predicted octanol–water partition coefficient (Wildman–Crippen LogP) is 6.25. The predicted molar refractivity (Wildman–Crippen MR) is 168 cm³/mol. The van der Waals surface area contributed by atoms with E-state index in [4.69, 9.17) is 18.9 Å². The molecular formula is C33H36N2O8S. The van der Waals surface area contributed by atoms with Gasteiger partial charge in [0, 0.05) is 5.56 Å². The van der Waals surface area contributed by atoms with Crippen LogP contribution in [0.4, 0.5) is 5.13 Å². The zero-order chi connectivity index (χ0) is 32.0. The van der Waals surface area contributed by atoms with E-state index in [0.717, 1.165) is 17.8 Å². The number of rotatable bonds is 13. The van der Waals surface area contributed by atoms with Gasteiger partial charge in [-0.2, -0.15) is 0 Å². The Balaban J connectivity index is 1.87. The summed E-state index contributed by atoms with van der Waals surface area (Å²) in [6.07, 6.45) is 2.28. The number of anilines is 1. The molecule has 1 atom stereocenters. The molecule has 1 aliphatic rings. The summed E-state index contributed by atoms with van der Waals surface area (Å²) in [5, 5.41) is 11.7. The largest absolute Gasteiger partial charge is 0.507 e. The van der Waals surface area contributed by atoms with Crippen molar-refractivity contribution < 1.29 is 38.4 Å². The third-order valence-electron chi connectivity index (χ3n) is 6.83. The number of carbonyl (C=O) groups is 3. The van der Waals surface area contributed by atoms with Gasteiger partial charge in [0.1, 0.15) is 23.0 Å². The van der Waals surface area contributed by atoms with Gasteiger partial charge >= 0.3 is 11.9 Å². The van der Waals surface area contributed by atoms with Gasteiger partial charge in [-0.05, 0) is 56.0 Å². The molecule has 1 saturated heterocycles. The van der Waals surface area contributed by atoms with Gasteiger partial charge in [0.15, 0.2) is 16.6 Å². The van der Waals surface area contributed by atoms with E-state index in [0.29, 0.717) is 53.2 Å². The second-order valence-electron chi connectivity index (χ2n) is 10.4. The minimum atomic E-state index is -1.10. The minimum Gasteiger partial charge on any atom is -0.507 e. The van der Waals surface area contributed by atoms with Gasteiger partial charge < -0.3 is 24.1 Å². The van der Waals surface area contributed by atoms with Gasteiger partial charge in [-0.3, -0.25) is 14.5 Å². The van der Waals surface area contributed by atoms with Crippen molar-refractivity contribution in [2.24, 2.45) is 5.92 Å². The van der Waals surface area contributed by atoms with Gasteiger partial charge in [-0.25, -0.2) is 9.78 Å². The first-order valence-electron chi connectivity index (χ1n) is 14.2. The van der Waals surface area contributed by atoms with Crippen LogP contribution in [-0.2, 0) is 14.3 Å². The number of ether oxygens (including phenoxy) is 4. The fourth-order valence-corrected chi connectivity index (χ4v) is 5.64. The molecule has 4 rings (SSSR count). The van der Waals surface area contributed by atoms with E-state index < -0.39 is 23.7 Å². The number of carbonyl (C=O) groups excluding carboxylic acids is 3. The number of hydrogen-bond donors (Lipinski definition) is 1. The standard InChI is InChI=1S/C33H36N2O8S/c1-7-15-43-32(39)30-20(5)34-33(44-30)35-27(21-12-13-24(25(18-21)40-6)42-16-14-19(3)4)26(29(37)31(35)38)28(36)22-10-9-11-23(17-22)41-8-2/h7,9-13,17-19,27,36H,1,8,14-16H2,2-6H3. The van der Waals surface area contributed by atoms with Crippen LogP contribution in [0.1, 0.15) is 59.7 Å². The van der Waals surface area contributed by atoms with Crippen LogP contribution >= 0.6 is 11.3 Å². The number of benzene rings is 2. The number of aliphatic hydroxyl groups is 1. The number of aliphatic hydroxyl groups excluding tert-OH is 1. The maximum Gasteiger partial charge on any atom is 0.350 e. The first kappa shape index (κ1) is 32.3. The SMILES string of the molecule is C=CCOC(=O)c1sc(N2C(=O)C(=O)C(=C(O)c3cccc(OCC)c3)C2c2ccc(OCCC(C)C)c(OC)c2)nc1C. The molecule has 2 aromatic carbocycles. The van der Waals surface area contributed by atoms with Crippen molar-refractivity contribution >= 4 is 39.9 Å². The zero-order valence-electron chi connectivity index (χ0n) is 25.4. The van der Waals surface area contributed by atoms with E-state index in [-0.39, 0.29) is 27.9 Å². The van der Waals surface area contributed by atoms with E-state index >= 15 is 0 Å². The average molecular weight is 621 g/mol. The van der Waals surface area contributed by atoms with Gasteiger partial charge in [-0.1, -0.05) is 56.0 Å². The first-order valence-corrected chi connectivity index (χ1v) is 15.0. The van der Waals surface area contributed by atoms with E-state index in [1.54, 1.807) is 49.4 Å². The Morgan fingerprint density at radius 1 is 1.16 bits per heavy atom. The molecule has 11 heteroatoms. The second-order valence-corrected chi connectivity index (χ2v) is 11.3. The molecule has 0 aliphatic carbocycles. The lowest BCUT2D eigenvalue weighted by molar-refractivity contribution is -0.132. The van der Waals surface area contributed by atoms with Gasteiger partial charge in [0.05, 0.1) is 37.6 Å². The number of thiazole rings is 1. The molecule has 1 aromatic heterocycles. The minimum absolute atomic E-state index is 0.00220. The summed E-state index contributed by atoms with van der Waals surface area (Å²) in [5.74, 6) is -1.01. The van der Waals surface area contributed by atoms with Crippen molar-refractivity contribution in [1.82, 2.24) is 4.98 Å². The molecule has 1 N–H and O–H groups in total. The molecular weight excluding hydrogens is 584 g/mol. The number of aromatic nitrogens is 1. The zero-order valence-corrected chi connectivity index (χ0v) is 26.2. The number of methoxy groups -OCH3 is 1.